The van der Waals surface area contributed by atoms with Gasteiger partial charge in [0.2, 0.25) is 0 Å². The molecule has 0 aliphatic carbocycles. The summed E-state index contributed by atoms with van der Waals surface area (Å²) in [4.78, 5) is 0. The van der Waals surface area contributed by atoms with Crippen LogP contribution in [-0.4, -0.2) is 26.5 Å². The Kier molecular flexibility index (Phi) is 8.66. The second kappa shape index (κ2) is 11.3. The molecular formula is C29H38O3Si. The van der Waals surface area contributed by atoms with Crippen LogP contribution in [-0.2, 0) is 14.8 Å². The van der Waals surface area contributed by atoms with Gasteiger partial charge in [0, 0.05) is 0 Å². The summed E-state index contributed by atoms with van der Waals surface area (Å²) in [7, 11) is -1.51. The van der Waals surface area contributed by atoms with E-state index in [4.69, 9.17) is 9.16 Å². The molecule has 0 aromatic heterocycles. The van der Waals surface area contributed by atoms with Gasteiger partial charge in [-0.25, -0.2) is 0 Å². The fourth-order valence-electron chi connectivity index (χ4n) is 4.08. The van der Waals surface area contributed by atoms with Crippen molar-refractivity contribution in [2.45, 2.75) is 64.7 Å². The Bertz CT molecular complexity index is 856. The molecule has 3 rings (SSSR count). The maximum Gasteiger partial charge on any atom is 0.176 e. The van der Waals surface area contributed by atoms with Crippen LogP contribution in [0.1, 0.15) is 50.3 Å². The van der Waals surface area contributed by atoms with Gasteiger partial charge in [0.1, 0.15) is 11.7 Å². The highest BCUT2D eigenvalue weighted by atomic mass is 28.3. The van der Waals surface area contributed by atoms with E-state index in [1.165, 1.54) is 0 Å². The predicted molar refractivity (Wildman–Crippen MR) is 139 cm³/mol. The largest absolute Gasteiger partial charge is 0.394 e. The molecule has 0 amide bonds. The quantitative estimate of drug-likeness (QED) is 0.212. The summed E-state index contributed by atoms with van der Waals surface area (Å²) in [6.45, 7) is 10.8. The Balaban J connectivity index is 2.15. The van der Waals surface area contributed by atoms with Gasteiger partial charge in [0.15, 0.2) is 15.3 Å². The first-order valence-electron chi connectivity index (χ1n) is 11.9. The summed E-state index contributed by atoms with van der Waals surface area (Å²) in [5, 5.41) is 11.3. The van der Waals surface area contributed by atoms with Crippen molar-refractivity contribution in [3.8, 4) is 0 Å². The first-order valence-corrected chi connectivity index (χ1v) is 14.7. The third-order valence-corrected chi connectivity index (χ3v) is 6.56. The first kappa shape index (κ1) is 25.4. The van der Waals surface area contributed by atoms with Crippen molar-refractivity contribution < 1.29 is 14.3 Å². The summed E-state index contributed by atoms with van der Waals surface area (Å²) >= 11 is 0. The number of rotatable bonds is 10. The molecule has 3 aromatic carbocycles. The summed E-state index contributed by atoms with van der Waals surface area (Å²) in [6.07, 6.45) is 0.0322. The van der Waals surface area contributed by atoms with Crippen LogP contribution in [0.2, 0.25) is 13.1 Å². The molecule has 176 valence electrons. The maximum atomic E-state index is 11.3. The van der Waals surface area contributed by atoms with Gasteiger partial charge >= 0.3 is 0 Å². The van der Waals surface area contributed by atoms with E-state index in [0.717, 1.165) is 23.1 Å². The predicted octanol–water partition coefficient (Wildman–Crippen LogP) is 6.51. The van der Waals surface area contributed by atoms with Crippen LogP contribution >= 0.6 is 0 Å². The molecule has 0 aliphatic rings. The minimum atomic E-state index is -1.51. The normalized spacial score (nSPS) is 14.3. The van der Waals surface area contributed by atoms with Gasteiger partial charge in [0.25, 0.3) is 0 Å². The van der Waals surface area contributed by atoms with E-state index in [-0.39, 0.29) is 5.41 Å². The summed E-state index contributed by atoms with van der Waals surface area (Å²) in [5.74, 6) is 0. The van der Waals surface area contributed by atoms with Crippen LogP contribution < -0.4 is 0 Å². The minimum Gasteiger partial charge on any atom is -0.394 e. The lowest BCUT2D eigenvalue weighted by Gasteiger charge is -2.40. The van der Waals surface area contributed by atoms with Gasteiger partial charge in [0.05, 0.1) is 0 Å². The van der Waals surface area contributed by atoms with Crippen molar-refractivity contribution in [3.63, 3.8) is 0 Å². The van der Waals surface area contributed by atoms with Crippen molar-refractivity contribution in [1.82, 2.24) is 0 Å². The maximum absolute atomic E-state index is 11.3. The van der Waals surface area contributed by atoms with Crippen molar-refractivity contribution in [3.05, 3.63) is 108 Å². The molecule has 3 aromatic rings. The van der Waals surface area contributed by atoms with E-state index in [1.54, 1.807) is 0 Å². The lowest BCUT2D eigenvalue weighted by Crippen LogP contribution is -2.44. The standard InChI is InChI=1S/C29H38O3Si/c1-28(2,3)22-21-26(30)27(32-33(4)5)31-29(23-15-9-6-10-16-23,24-17-11-7-12-18-24)25-19-13-8-14-20-25/h6-20,26-27,30,33H,21-22H2,1-5H3/t26?,27-/m0/s1. The first-order chi connectivity index (χ1) is 15.7. The average molecular weight is 463 g/mol. The lowest BCUT2D eigenvalue weighted by molar-refractivity contribution is -0.195. The van der Waals surface area contributed by atoms with E-state index in [1.807, 2.05) is 54.6 Å². The number of ether oxygens (including phenoxy) is 1. The van der Waals surface area contributed by atoms with Crippen LogP contribution in [0.15, 0.2) is 91.0 Å². The SMILES string of the molecule is C[SiH](C)O[C@H](OC(c1ccccc1)(c1ccccc1)c1ccccc1)C(O)CCC(C)(C)C. The third kappa shape index (κ3) is 6.64. The molecule has 1 N–H and O–H groups in total. The molecule has 0 saturated carbocycles. The molecule has 0 fully saturated rings. The van der Waals surface area contributed by atoms with Crippen LogP contribution in [0.25, 0.3) is 0 Å². The summed E-state index contributed by atoms with van der Waals surface area (Å²) in [5.41, 5.74) is 2.22. The minimum absolute atomic E-state index is 0.121. The Morgan fingerprint density at radius 2 is 1.12 bits per heavy atom. The topological polar surface area (TPSA) is 38.7 Å². The Labute approximate surface area is 201 Å². The zero-order chi connectivity index (χ0) is 23.9. The van der Waals surface area contributed by atoms with E-state index in [2.05, 4.69) is 70.3 Å². The fourth-order valence-corrected chi connectivity index (χ4v) is 4.85. The molecule has 0 radical (unpaired) electrons. The molecule has 0 heterocycles. The van der Waals surface area contributed by atoms with E-state index in [9.17, 15) is 5.11 Å². The molecule has 0 spiro atoms. The Hall–Kier alpha value is -2.24. The molecule has 0 bridgehead atoms. The molecular weight excluding hydrogens is 424 g/mol. The number of aliphatic hydroxyl groups is 1. The number of hydrogen-bond acceptors (Lipinski definition) is 3. The summed E-state index contributed by atoms with van der Waals surface area (Å²) < 4.78 is 13.4. The van der Waals surface area contributed by atoms with E-state index < -0.39 is 27.0 Å². The lowest BCUT2D eigenvalue weighted by atomic mass is 9.80. The number of benzene rings is 3. The second-order valence-corrected chi connectivity index (χ2v) is 12.5. The monoisotopic (exact) mass is 462 g/mol. The highest BCUT2D eigenvalue weighted by Crippen LogP contribution is 2.42. The third-order valence-electron chi connectivity index (χ3n) is 5.74. The van der Waals surface area contributed by atoms with Gasteiger partial charge in [-0.15, -0.1) is 0 Å². The molecule has 4 heteroatoms. The zero-order valence-corrected chi connectivity index (χ0v) is 21.7. The second-order valence-electron chi connectivity index (χ2n) is 10.1. The zero-order valence-electron chi connectivity index (χ0n) is 20.6. The van der Waals surface area contributed by atoms with Gasteiger partial charge in [-0.05, 0) is 48.0 Å². The van der Waals surface area contributed by atoms with Crippen molar-refractivity contribution in [2.24, 2.45) is 5.41 Å². The number of aliphatic hydroxyl groups excluding tert-OH is 1. The van der Waals surface area contributed by atoms with Gasteiger partial charge < -0.3 is 14.3 Å². The molecule has 0 saturated heterocycles. The fraction of sp³-hybridized carbons (Fsp3) is 0.379. The summed E-state index contributed by atoms with van der Waals surface area (Å²) in [6, 6.07) is 30.7. The highest BCUT2D eigenvalue weighted by Gasteiger charge is 2.42. The van der Waals surface area contributed by atoms with Crippen molar-refractivity contribution in [1.29, 1.82) is 0 Å². The highest BCUT2D eigenvalue weighted by molar-refractivity contribution is 6.48. The van der Waals surface area contributed by atoms with Gasteiger partial charge in [-0.2, -0.15) is 0 Å². The van der Waals surface area contributed by atoms with Crippen LogP contribution in [0.5, 0.6) is 0 Å². The van der Waals surface area contributed by atoms with E-state index in [0.29, 0.717) is 6.42 Å². The Morgan fingerprint density at radius 3 is 1.45 bits per heavy atom. The van der Waals surface area contributed by atoms with Crippen LogP contribution in [0.3, 0.4) is 0 Å². The molecule has 0 aliphatic heterocycles. The Morgan fingerprint density at radius 1 is 0.727 bits per heavy atom. The van der Waals surface area contributed by atoms with Crippen LogP contribution in [0, 0.1) is 5.41 Å². The number of hydrogen-bond donors (Lipinski definition) is 1. The molecule has 3 nitrogen and oxygen atoms in total. The smallest absolute Gasteiger partial charge is 0.176 e. The molecule has 2 atom stereocenters. The molecule has 33 heavy (non-hydrogen) atoms. The van der Waals surface area contributed by atoms with E-state index >= 15 is 0 Å². The van der Waals surface area contributed by atoms with Crippen molar-refractivity contribution in [2.75, 3.05) is 0 Å². The average Bonchev–Trinajstić information content (AvgIpc) is 2.81. The van der Waals surface area contributed by atoms with Gasteiger partial charge in [-0.3, -0.25) is 0 Å². The van der Waals surface area contributed by atoms with Crippen LogP contribution in [0.4, 0.5) is 0 Å². The van der Waals surface area contributed by atoms with Gasteiger partial charge in [-0.1, -0.05) is 112 Å². The van der Waals surface area contributed by atoms with Crippen molar-refractivity contribution >= 4 is 9.04 Å². The molecule has 1 unspecified atom stereocenters.